The van der Waals surface area contributed by atoms with E-state index in [-0.39, 0.29) is 30.1 Å². The molecule has 0 atom stereocenters. The lowest BCUT2D eigenvalue weighted by atomic mass is 9.64. The molecule has 2 aromatic carbocycles. The van der Waals surface area contributed by atoms with Crippen molar-refractivity contribution in [2.45, 2.75) is 45.1 Å². The second kappa shape index (κ2) is 10.6. The third-order valence-electron chi connectivity index (χ3n) is 6.61. The number of carbonyl (C=O) groups is 2. The summed E-state index contributed by atoms with van der Waals surface area (Å²) in [5, 5.41) is 6.84. The molecule has 1 fully saturated rings. The lowest BCUT2D eigenvalue weighted by molar-refractivity contribution is -0.124. The van der Waals surface area contributed by atoms with Crippen molar-refractivity contribution in [2.24, 2.45) is 0 Å². The Bertz CT molecular complexity index is 1160. The minimum Gasteiger partial charge on any atom is -0.493 e. The predicted molar refractivity (Wildman–Crippen MR) is 129 cm³/mol. The number of methoxy groups -OCH3 is 1. The van der Waals surface area contributed by atoms with Gasteiger partial charge in [0.25, 0.3) is 5.91 Å². The molecule has 1 aliphatic carbocycles. The monoisotopic (exact) mass is 478 g/mol. The zero-order chi connectivity index (χ0) is 24.8. The summed E-state index contributed by atoms with van der Waals surface area (Å²) < 4.78 is 21.6. The molecule has 0 aliphatic heterocycles. The van der Waals surface area contributed by atoms with Crippen molar-refractivity contribution in [3.63, 3.8) is 0 Å². The van der Waals surface area contributed by atoms with Crippen molar-refractivity contribution < 1.29 is 28.3 Å². The van der Waals surface area contributed by atoms with Crippen molar-refractivity contribution in [2.75, 3.05) is 20.3 Å². The van der Waals surface area contributed by atoms with Crippen LogP contribution in [0.2, 0.25) is 0 Å². The second-order valence-electron chi connectivity index (χ2n) is 8.81. The Morgan fingerprint density at radius 2 is 1.86 bits per heavy atom. The maximum atomic E-state index is 12.5. The first kappa shape index (κ1) is 24.3. The van der Waals surface area contributed by atoms with Gasteiger partial charge in [-0.05, 0) is 50.5 Å². The number of amides is 1. The van der Waals surface area contributed by atoms with Crippen molar-refractivity contribution in [1.29, 1.82) is 0 Å². The van der Waals surface area contributed by atoms with Gasteiger partial charge in [-0.2, -0.15) is 0 Å². The number of benzene rings is 2. The molecule has 0 spiro atoms. The number of nitrogens with zero attached hydrogens (tertiary/aromatic N) is 1. The smallest absolute Gasteiger partial charge is 0.338 e. The first-order valence-electron chi connectivity index (χ1n) is 11.6. The molecule has 0 bridgehead atoms. The minimum absolute atomic E-state index is 0.0340. The van der Waals surface area contributed by atoms with E-state index in [0.29, 0.717) is 23.8 Å². The fourth-order valence-electron chi connectivity index (χ4n) is 4.27. The van der Waals surface area contributed by atoms with Crippen molar-refractivity contribution in [1.82, 2.24) is 10.5 Å². The van der Waals surface area contributed by atoms with E-state index in [1.807, 2.05) is 32.0 Å². The number of hydrogen-bond acceptors (Lipinski definition) is 7. The van der Waals surface area contributed by atoms with E-state index < -0.39 is 5.97 Å². The van der Waals surface area contributed by atoms with Crippen LogP contribution in [0.4, 0.5) is 0 Å². The van der Waals surface area contributed by atoms with E-state index in [1.54, 1.807) is 12.1 Å². The van der Waals surface area contributed by atoms with Gasteiger partial charge in [0, 0.05) is 12.0 Å². The van der Waals surface area contributed by atoms with Crippen LogP contribution in [0.3, 0.4) is 0 Å². The van der Waals surface area contributed by atoms with Crippen LogP contribution in [0, 0.1) is 13.8 Å². The van der Waals surface area contributed by atoms with Crippen LogP contribution >= 0.6 is 0 Å². The summed E-state index contributed by atoms with van der Waals surface area (Å²) in [5.74, 6) is 0.593. The van der Waals surface area contributed by atoms with E-state index in [0.717, 1.165) is 30.5 Å². The fourth-order valence-corrected chi connectivity index (χ4v) is 4.27. The minimum atomic E-state index is -0.614. The number of ether oxygens (including phenoxy) is 3. The van der Waals surface area contributed by atoms with Gasteiger partial charge in [-0.15, -0.1) is 0 Å². The molecule has 4 rings (SSSR count). The fraction of sp³-hybridized carbons (Fsp3) is 0.370. The molecule has 1 N–H and O–H groups in total. The van der Waals surface area contributed by atoms with Gasteiger partial charge in [-0.1, -0.05) is 41.9 Å². The Hall–Kier alpha value is -3.81. The van der Waals surface area contributed by atoms with Crippen LogP contribution in [0.5, 0.6) is 11.5 Å². The summed E-state index contributed by atoms with van der Waals surface area (Å²) >= 11 is 0. The Balaban J connectivity index is 1.30. The van der Waals surface area contributed by atoms with Gasteiger partial charge in [0.15, 0.2) is 18.1 Å². The summed E-state index contributed by atoms with van der Waals surface area (Å²) in [6, 6.07) is 14.9. The Labute approximate surface area is 204 Å². The number of hydrogen-bond donors (Lipinski definition) is 1. The molecule has 1 aliphatic rings. The molecule has 0 radical (unpaired) electrons. The molecule has 1 saturated carbocycles. The zero-order valence-electron chi connectivity index (χ0n) is 20.3. The molecular weight excluding hydrogens is 448 g/mol. The summed E-state index contributed by atoms with van der Waals surface area (Å²) in [5.41, 5.74) is 3.07. The van der Waals surface area contributed by atoms with Crippen molar-refractivity contribution in [3.05, 3.63) is 76.7 Å². The number of rotatable bonds is 10. The number of esters is 1. The number of aryl methyl sites for hydroxylation is 2. The van der Waals surface area contributed by atoms with E-state index in [2.05, 4.69) is 22.6 Å². The normalized spacial score (nSPS) is 14.0. The zero-order valence-corrected chi connectivity index (χ0v) is 20.3. The second-order valence-corrected chi connectivity index (χ2v) is 8.81. The Morgan fingerprint density at radius 1 is 1.09 bits per heavy atom. The van der Waals surface area contributed by atoms with Gasteiger partial charge in [-0.3, -0.25) is 4.79 Å². The predicted octanol–water partition coefficient (Wildman–Crippen LogP) is 4.27. The van der Waals surface area contributed by atoms with Gasteiger partial charge in [0.1, 0.15) is 12.4 Å². The van der Waals surface area contributed by atoms with Crippen LogP contribution in [0.1, 0.15) is 52.2 Å². The van der Waals surface area contributed by atoms with Crippen molar-refractivity contribution in [3.8, 4) is 11.5 Å². The third kappa shape index (κ3) is 5.48. The summed E-state index contributed by atoms with van der Waals surface area (Å²) in [6.45, 7) is 4.09. The van der Waals surface area contributed by atoms with Gasteiger partial charge in [0.05, 0.1) is 23.9 Å². The summed E-state index contributed by atoms with van der Waals surface area (Å²) in [4.78, 5) is 24.9. The van der Waals surface area contributed by atoms with E-state index in [4.69, 9.17) is 18.7 Å². The highest BCUT2D eigenvalue weighted by Gasteiger charge is 2.38. The molecule has 8 nitrogen and oxygen atoms in total. The highest BCUT2D eigenvalue weighted by Crippen LogP contribution is 2.43. The topological polar surface area (TPSA) is 99.9 Å². The number of nitrogens with one attached hydrogen (secondary N) is 1. The average molecular weight is 479 g/mol. The highest BCUT2D eigenvalue weighted by atomic mass is 16.5. The van der Waals surface area contributed by atoms with E-state index in [9.17, 15) is 9.59 Å². The SMILES string of the molecule is COc1cc(C(=O)OCC(=O)NCC2(c3ccccc3)CCC2)ccc1OCc1c(C)noc1C. The largest absolute Gasteiger partial charge is 0.493 e. The lowest BCUT2D eigenvalue weighted by Gasteiger charge is -2.42. The Kier molecular flexibility index (Phi) is 7.39. The molecule has 35 heavy (non-hydrogen) atoms. The highest BCUT2D eigenvalue weighted by molar-refractivity contribution is 5.92. The van der Waals surface area contributed by atoms with Crippen LogP contribution in [-0.4, -0.2) is 37.3 Å². The molecule has 0 saturated heterocycles. The Morgan fingerprint density at radius 3 is 2.49 bits per heavy atom. The number of aromatic nitrogens is 1. The van der Waals surface area contributed by atoms with Crippen LogP contribution < -0.4 is 14.8 Å². The summed E-state index contributed by atoms with van der Waals surface area (Å²) in [6.07, 6.45) is 3.20. The van der Waals surface area contributed by atoms with Gasteiger partial charge < -0.3 is 24.1 Å². The van der Waals surface area contributed by atoms with Crippen LogP contribution in [-0.2, 0) is 21.6 Å². The third-order valence-corrected chi connectivity index (χ3v) is 6.61. The molecule has 3 aromatic rings. The van der Waals surface area contributed by atoms with Crippen molar-refractivity contribution >= 4 is 11.9 Å². The molecular formula is C27H30N2O6. The molecule has 1 aromatic heterocycles. The maximum Gasteiger partial charge on any atom is 0.338 e. The van der Waals surface area contributed by atoms with Gasteiger partial charge >= 0.3 is 5.97 Å². The maximum absolute atomic E-state index is 12.5. The lowest BCUT2D eigenvalue weighted by Crippen LogP contribution is -2.46. The van der Waals surface area contributed by atoms with Gasteiger partial charge in [0.2, 0.25) is 0 Å². The average Bonchev–Trinajstić information content (AvgIpc) is 3.18. The molecule has 1 amide bonds. The standard InChI is InChI=1S/C27H30N2O6/c1-18-22(19(2)35-29-18)15-33-23-11-10-20(14-24(23)32-3)26(31)34-16-25(30)28-17-27(12-7-13-27)21-8-5-4-6-9-21/h4-6,8-11,14H,7,12-13,15-17H2,1-3H3,(H,28,30). The van der Waals surface area contributed by atoms with Gasteiger partial charge in [-0.25, -0.2) is 4.79 Å². The molecule has 8 heteroatoms. The molecule has 1 heterocycles. The van der Waals surface area contributed by atoms with E-state index >= 15 is 0 Å². The number of carbonyl (C=O) groups excluding carboxylic acids is 2. The molecule has 0 unspecified atom stereocenters. The van der Waals surface area contributed by atoms with Crippen LogP contribution in [0.25, 0.3) is 0 Å². The van der Waals surface area contributed by atoms with Crippen LogP contribution in [0.15, 0.2) is 53.1 Å². The quantitative estimate of drug-likeness (QED) is 0.434. The van der Waals surface area contributed by atoms with E-state index in [1.165, 1.54) is 18.7 Å². The first-order valence-corrected chi connectivity index (χ1v) is 11.6. The summed E-state index contributed by atoms with van der Waals surface area (Å²) in [7, 11) is 1.49. The first-order chi connectivity index (χ1) is 16.9. The molecule has 184 valence electrons.